The van der Waals surface area contributed by atoms with E-state index >= 15 is 0 Å². The summed E-state index contributed by atoms with van der Waals surface area (Å²) in [7, 11) is -5.87. The van der Waals surface area contributed by atoms with Crippen LogP contribution in [0.15, 0.2) is 24.3 Å². The molecule has 2 fully saturated rings. The molecule has 0 aliphatic heterocycles. The van der Waals surface area contributed by atoms with Gasteiger partial charge in [-0.05, 0) is 99.7 Å². The van der Waals surface area contributed by atoms with Gasteiger partial charge in [-0.25, -0.2) is 0 Å². The second kappa shape index (κ2) is 25.7. The van der Waals surface area contributed by atoms with Gasteiger partial charge in [-0.3, -0.25) is 0 Å². The van der Waals surface area contributed by atoms with Gasteiger partial charge in [0.1, 0.15) is 0 Å². The van der Waals surface area contributed by atoms with Crippen molar-refractivity contribution >= 4 is 23.1 Å². The summed E-state index contributed by atoms with van der Waals surface area (Å²) in [5.41, 5.74) is 6.36. The van der Waals surface area contributed by atoms with E-state index in [4.69, 9.17) is 0 Å². The fraction of sp³-hybridized carbons (Fsp3) is 0.533. The summed E-state index contributed by atoms with van der Waals surface area (Å²) in [6.45, 7) is 18.7. The predicted molar refractivity (Wildman–Crippen MR) is 162 cm³/mol. The number of hydrogen-bond acceptors (Lipinski definition) is 0. The van der Waals surface area contributed by atoms with E-state index in [1.807, 2.05) is 0 Å². The third-order valence-corrected chi connectivity index (χ3v) is 11.7. The molecule has 0 unspecified atom stereocenters. The first-order valence-corrected chi connectivity index (χ1v) is 16.4. The summed E-state index contributed by atoms with van der Waals surface area (Å²) in [6, 6.07) is 0. The van der Waals surface area contributed by atoms with Gasteiger partial charge in [0.25, 0.3) is 0 Å². The molecule has 0 heterocycles. The quantitative estimate of drug-likeness (QED) is 0.111. The minimum Gasteiger partial charge on any atom is -0.418 e. The van der Waals surface area contributed by atoms with Crippen LogP contribution in [-0.2, 0) is 36.5 Å². The molecule has 9 heteroatoms. The van der Waals surface area contributed by atoms with Gasteiger partial charge in [0, 0.05) is 30.8 Å². The van der Waals surface area contributed by atoms with E-state index in [2.05, 4.69) is 131 Å². The van der Waals surface area contributed by atoms with Gasteiger partial charge in [-0.2, -0.15) is 0 Å². The molecule has 2 saturated carbocycles. The molecular weight excluding hydrogens is 668 g/mol. The van der Waals surface area contributed by atoms with Crippen molar-refractivity contribution in [2.45, 2.75) is 104 Å². The first kappa shape index (κ1) is 44.7. The van der Waals surface area contributed by atoms with Crippen LogP contribution in [-0.4, -0.2) is 29.9 Å². The molecule has 0 nitrogen and oxygen atoms in total. The maximum atomic E-state index is 9.75. The zero-order valence-corrected chi connectivity index (χ0v) is 29.3. The van der Waals surface area contributed by atoms with Crippen LogP contribution in [0.2, 0.25) is 0 Å². The van der Waals surface area contributed by atoms with Gasteiger partial charge in [0.15, 0.2) is 0 Å². The number of rotatable bonds is 6. The molecule has 225 valence electrons. The van der Waals surface area contributed by atoms with Crippen LogP contribution in [0.4, 0.5) is 17.3 Å². The van der Waals surface area contributed by atoms with Crippen LogP contribution < -0.4 is 0 Å². The summed E-state index contributed by atoms with van der Waals surface area (Å²) >= 11 is 0. The Balaban J connectivity index is -0.000000455. The summed E-state index contributed by atoms with van der Waals surface area (Å²) in [5.74, 6) is 0. The van der Waals surface area contributed by atoms with E-state index in [-0.39, 0.29) is 52.4 Å². The minimum absolute atomic E-state index is 0. The molecule has 0 bridgehead atoms. The van der Waals surface area contributed by atoms with Crippen LogP contribution in [0.3, 0.4) is 0 Å². The van der Waals surface area contributed by atoms with Crippen molar-refractivity contribution in [1.82, 2.24) is 0 Å². The van der Waals surface area contributed by atoms with Crippen LogP contribution in [0.5, 0.6) is 0 Å². The van der Waals surface area contributed by atoms with E-state index in [0.717, 1.165) is 22.6 Å². The van der Waals surface area contributed by atoms with Crippen molar-refractivity contribution in [3.63, 3.8) is 0 Å². The molecule has 3 aliphatic rings. The second-order valence-corrected chi connectivity index (χ2v) is 16.9. The maximum Gasteiger partial charge on any atom is 2.00 e. The first-order chi connectivity index (χ1) is 17.3. The Labute approximate surface area is 266 Å². The van der Waals surface area contributed by atoms with Crippen molar-refractivity contribution in [3.8, 4) is 0 Å². The summed E-state index contributed by atoms with van der Waals surface area (Å²) in [4.78, 5) is 0. The van der Waals surface area contributed by atoms with Gasteiger partial charge in [-0.1, -0.05) is 95.5 Å². The van der Waals surface area contributed by atoms with Gasteiger partial charge >= 0.3 is 24.3 Å². The predicted octanol–water partition coefficient (Wildman–Crippen LogP) is 11.3. The van der Waals surface area contributed by atoms with Crippen molar-refractivity contribution in [3.05, 3.63) is 87.0 Å². The molecular formula is C30H48BF4FeP2Rh+. The van der Waals surface area contributed by atoms with Crippen LogP contribution in [0.25, 0.3) is 0 Å². The van der Waals surface area contributed by atoms with Crippen LogP contribution in [0.1, 0.15) is 81.1 Å². The molecule has 3 aliphatic carbocycles. The Morgan fingerprint density at radius 2 is 0.692 bits per heavy atom. The normalized spacial score (nSPS) is 18.1. The molecule has 0 aromatic rings. The zero-order valence-electron chi connectivity index (χ0n) is 24.7. The second-order valence-electron chi connectivity index (χ2n) is 10.1. The number of allylic oxidation sites excluding steroid dienone is 4. The van der Waals surface area contributed by atoms with E-state index in [9.17, 15) is 17.3 Å². The number of halogens is 4. The Morgan fingerprint density at radius 1 is 0.513 bits per heavy atom. The molecule has 0 aromatic carbocycles. The Kier molecular flexibility index (Phi) is 29.5. The topological polar surface area (TPSA) is 0 Å². The van der Waals surface area contributed by atoms with Gasteiger partial charge in [-0.15, -0.1) is 0 Å². The monoisotopic (exact) mass is 716 g/mol. The third-order valence-electron chi connectivity index (χ3n) is 5.45. The fourth-order valence-corrected chi connectivity index (χ4v) is 10.1. The van der Waals surface area contributed by atoms with Gasteiger partial charge in [0.2, 0.25) is 0 Å². The smallest absolute Gasteiger partial charge is 0.418 e. The van der Waals surface area contributed by atoms with E-state index < -0.39 is 7.25 Å². The molecule has 0 amide bonds. The molecule has 0 atom stereocenters. The van der Waals surface area contributed by atoms with Crippen LogP contribution >= 0.6 is 15.8 Å². The van der Waals surface area contributed by atoms with E-state index in [1.165, 1.54) is 25.7 Å². The average Bonchev–Trinajstić information content (AvgIpc) is 3.41. The van der Waals surface area contributed by atoms with Crippen LogP contribution in [0, 0.1) is 62.7 Å². The van der Waals surface area contributed by atoms with Gasteiger partial charge < -0.3 is 17.3 Å². The SMILES string of the molecule is C1=CCCC=CCC1.CC(C)P([C]1[CH][CH][CH][CH]1)C(C)C.CC(C)P([C]1[CH][CH][CH][CH]1)C(C)C.F[B-](F)(F)F.[Fe+2].[Rh]. The molecule has 11 radical (unpaired) electrons. The van der Waals surface area contributed by atoms with Gasteiger partial charge in [0.05, 0.1) is 0 Å². The van der Waals surface area contributed by atoms with Crippen molar-refractivity contribution in [1.29, 1.82) is 0 Å². The summed E-state index contributed by atoms with van der Waals surface area (Å²) in [6.07, 6.45) is 31.7. The minimum atomic E-state index is -6.00. The zero-order chi connectivity index (χ0) is 28.4. The molecule has 0 saturated heterocycles. The Hall–Kier alpha value is 1.27. The molecule has 0 spiro atoms. The van der Waals surface area contributed by atoms with Crippen molar-refractivity contribution in [2.24, 2.45) is 0 Å². The average molecular weight is 716 g/mol. The molecule has 39 heavy (non-hydrogen) atoms. The summed E-state index contributed by atoms with van der Waals surface area (Å²) in [5, 5.41) is 0. The first-order valence-electron chi connectivity index (χ1n) is 13.4. The molecule has 3 rings (SSSR count). The largest absolute Gasteiger partial charge is 2.00 e. The van der Waals surface area contributed by atoms with Crippen molar-refractivity contribution in [2.75, 3.05) is 0 Å². The number of hydrogen-bond donors (Lipinski definition) is 0. The fourth-order valence-electron chi connectivity index (χ4n) is 4.31. The van der Waals surface area contributed by atoms with Crippen molar-refractivity contribution < 1.29 is 53.8 Å². The maximum absolute atomic E-state index is 9.75. The standard InChI is InChI=1S/2C11H18P.C8H12.BF4.Fe.Rh/c2*1-9(2)12(10(3)4)11-7-5-6-8-11;1-2-4-6-8-7-5-3-1;2-1(3,4)5;;/h2*5-10H,1-4H3;1-2,7-8H,3-6H2;;;/q;;;-1;+2;. The Bertz CT molecular complexity index is 524. The third kappa shape index (κ3) is 24.4. The van der Waals surface area contributed by atoms with E-state index in [1.54, 1.807) is 11.3 Å². The Morgan fingerprint density at radius 3 is 0.846 bits per heavy atom. The molecule has 0 N–H and O–H groups in total. The molecule has 0 aromatic heterocycles. The summed E-state index contributed by atoms with van der Waals surface area (Å²) < 4.78 is 39.0. The van der Waals surface area contributed by atoms with E-state index in [0.29, 0.717) is 0 Å².